The fourth-order valence-electron chi connectivity index (χ4n) is 2.52. The first-order chi connectivity index (χ1) is 12.3. The van der Waals surface area contributed by atoms with Crippen molar-refractivity contribution in [2.45, 2.75) is 6.18 Å². The number of benzene rings is 2. The molecule has 26 heavy (non-hydrogen) atoms. The number of carbonyl (C=O) groups excluding carboxylic acids is 1. The fourth-order valence-corrected chi connectivity index (χ4v) is 3.67. The second-order valence-electron chi connectivity index (χ2n) is 5.35. The average Bonchev–Trinajstić information content (AvgIpc) is 2.93. The van der Waals surface area contributed by atoms with Crippen LogP contribution < -0.4 is 10.1 Å². The van der Waals surface area contributed by atoms with Gasteiger partial charge in [-0.15, -0.1) is 0 Å². The molecule has 0 bridgehead atoms. The number of nitrogens with one attached hydrogen (secondary N) is 1. The molecule has 0 unspecified atom stereocenters. The van der Waals surface area contributed by atoms with E-state index in [9.17, 15) is 18.0 Å². The molecule has 1 amide bonds. The summed E-state index contributed by atoms with van der Waals surface area (Å²) in [7, 11) is 1.51. The molecule has 1 N–H and O–H groups in total. The number of carbonyl (C=O) groups is 1. The molecule has 0 atom stereocenters. The summed E-state index contributed by atoms with van der Waals surface area (Å²) in [5.41, 5.74) is 0.480. The Hall–Kier alpha value is -2.32. The molecule has 134 valence electrons. The van der Waals surface area contributed by atoms with E-state index >= 15 is 0 Å². The molecule has 2 aromatic carbocycles. The van der Waals surface area contributed by atoms with Crippen LogP contribution in [0.5, 0.6) is 5.75 Å². The number of alkyl halides is 3. The average molecular weight is 395 g/mol. The Kier molecular flexibility index (Phi) is 5.06. The van der Waals surface area contributed by atoms with E-state index in [1.165, 1.54) is 19.2 Å². The summed E-state index contributed by atoms with van der Waals surface area (Å²) >= 11 is 6.05. The van der Waals surface area contributed by atoms with Crippen LogP contribution in [-0.4, -0.2) is 17.3 Å². The minimum absolute atomic E-state index is 0.263. The van der Waals surface area contributed by atoms with Crippen molar-refractivity contribution in [1.82, 2.24) is 5.32 Å². The molecule has 3 nitrogen and oxygen atoms in total. The third kappa shape index (κ3) is 3.76. The van der Waals surface area contributed by atoms with Gasteiger partial charge in [0.15, 0.2) is 0 Å². The Morgan fingerprint density at radius 2 is 1.81 bits per heavy atom. The topological polar surface area (TPSA) is 38.3 Å². The van der Waals surface area contributed by atoms with E-state index in [4.69, 9.17) is 17.0 Å². The maximum atomic E-state index is 13.1. The van der Waals surface area contributed by atoms with Crippen molar-refractivity contribution in [2.75, 3.05) is 7.11 Å². The summed E-state index contributed by atoms with van der Waals surface area (Å²) in [6, 6.07) is 11.6. The lowest BCUT2D eigenvalue weighted by molar-refractivity contribution is -0.137. The van der Waals surface area contributed by atoms with Gasteiger partial charge in [-0.3, -0.25) is 4.79 Å². The molecule has 1 fully saturated rings. The summed E-state index contributed by atoms with van der Waals surface area (Å²) in [4.78, 5) is 12.5. The van der Waals surface area contributed by atoms with Crippen molar-refractivity contribution in [2.24, 2.45) is 0 Å². The fraction of sp³-hybridized carbons (Fsp3) is 0.111. The highest BCUT2D eigenvalue weighted by molar-refractivity contribution is 8.26. The van der Waals surface area contributed by atoms with E-state index < -0.39 is 17.6 Å². The van der Waals surface area contributed by atoms with Crippen LogP contribution in [0.4, 0.5) is 13.2 Å². The predicted molar refractivity (Wildman–Crippen MR) is 98.8 cm³/mol. The maximum Gasteiger partial charge on any atom is 0.416 e. The van der Waals surface area contributed by atoms with Crippen LogP contribution in [0.15, 0.2) is 53.4 Å². The van der Waals surface area contributed by atoms with Gasteiger partial charge in [0.2, 0.25) is 0 Å². The van der Waals surface area contributed by atoms with Gasteiger partial charge in [-0.25, -0.2) is 0 Å². The number of hydrogen-bond acceptors (Lipinski definition) is 4. The third-order valence-corrected chi connectivity index (χ3v) is 4.93. The van der Waals surface area contributed by atoms with Crippen LogP contribution in [0.25, 0.3) is 5.57 Å². The first-order valence-electron chi connectivity index (χ1n) is 7.39. The highest BCUT2D eigenvalue weighted by atomic mass is 32.2. The molecule has 3 rings (SSSR count). The molecular weight excluding hydrogens is 383 g/mol. The Morgan fingerprint density at radius 1 is 1.12 bits per heavy atom. The van der Waals surface area contributed by atoms with Crippen LogP contribution in [0.3, 0.4) is 0 Å². The van der Waals surface area contributed by atoms with E-state index in [2.05, 4.69) is 5.32 Å². The summed E-state index contributed by atoms with van der Waals surface area (Å²) < 4.78 is 44.7. The number of methoxy groups -OCH3 is 1. The molecule has 0 spiro atoms. The van der Waals surface area contributed by atoms with Gasteiger partial charge in [-0.2, -0.15) is 13.2 Å². The first kappa shape index (κ1) is 18.5. The van der Waals surface area contributed by atoms with Crippen molar-refractivity contribution in [1.29, 1.82) is 0 Å². The number of halogens is 3. The molecular formula is C18H12F3NO2S2. The molecule has 8 heteroatoms. The monoisotopic (exact) mass is 395 g/mol. The Morgan fingerprint density at radius 3 is 2.35 bits per heavy atom. The van der Waals surface area contributed by atoms with Gasteiger partial charge in [-0.1, -0.05) is 48.2 Å². The van der Waals surface area contributed by atoms with Gasteiger partial charge in [-0.05, 0) is 35.4 Å². The minimum atomic E-state index is -4.48. The van der Waals surface area contributed by atoms with Crippen LogP contribution in [-0.2, 0) is 11.0 Å². The number of hydrogen-bond donors (Lipinski definition) is 1. The summed E-state index contributed by atoms with van der Waals surface area (Å²) in [5, 5.41) is 2.50. The first-order valence-corrected chi connectivity index (χ1v) is 8.61. The van der Waals surface area contributed by atoms with Gasteiger partial charge in [0.05, 0.1) is 17.6 Å². The van der Waals surface area contributed by atoms with Crippen LogP contribution in [0, 0.1) is 0 Å². The van der Waals surface area contributed by atoms with Crippen LogP contribution in [0.1, 0.15) is 16.7 Å². The highest BCUT2D eigenvalue weighted by Crippen LogP contribution is 2.38. The molecule has 0 saturated carbocycles. The summed E-state index contributed by atoms with van der Waals surface area (Å²) in [6.07, 6.45) is -4.48. The number of rotatable bonds is 3. The zero-order valence-electron chi connectivity index (χ0n) is 13.4. The lowest BCUT2D eigenvalue weighted by Gasteiger charge is -2.14. The van der Waals surface area contributed by atoms with Crippen molar-refractivity contribution in [3.63, 3.8) is 0 Å². The zero-order chi connectivity index (χ0) is 18.9. The van der Waals surface area contributed by atoms with Crippen molar-refractivity contribution in [3.05, 3.63) is 70.1 Å². The lowest BCUT2D eigenvalue weighted by Crippen LogP contribution is -2.18. The molecule has 2 aromatic rings. The van der Waals surface area contributed by atoms with Crippen molar-refractivity contribution < 1.29 is 22.7 Å². The van der Waals surface area contributed by atoms with Gasteiger partial charge in [0.1, 0.15) is 10.1 Å². The SMILES string of the molecule is COc1ccc(/C(=C2/SC(=S)NC2=O)c2cccc(C(F)(F)F)c2)cc1. The Balaban J connectivity index is 2.20. The normalized spacial score (nSPS) is 16.5. The quantitative estimate of drug-likeness (QED) is 0.608. The molecule has 1 aliphatic heterocycles. The molecule has 0 aliphatic carbocycles. The predicted octanol–water partition coefficient (Wildman–Crippen LogP) is 4.62. The van der Waals surface area contributed by atoms with Crippen LogP contribution in [0.2, 0.25) is 0 Å². The third-order valence-electron chi connectivity index (χ3n) is 3.70. The molecule has 0 aromatic heterocycles. The second-order valence-corrected chi connectivity index (χ2v) is 7.04. The van der Waals surface area contributed by atoms with Crippen molar-refractivity contribution >= 4 is 39.8 Å². The smallest absolute Gasteiger partial charge is 0.416 e. The molecule has 0 radical (unpaired) electrons. The Bertz CT molecular complexity index is 905. The van der Waals surface area contributed by atoms with E-state index in [0.717, 1.165) is 23.9 Å². The lowest BCUT2D eigenvalue weighted by atomic mass is 9.95. The Labute approximate surface area is 157 Å². The number of amides is 1. The van der Waals surface area contributed by atoms with Gasteiger partial charge < -0.3 is 10.1 Å². The largest absolute Gasteiger partial charge is 0.497 e. The van der Waals surface area contributed by atoms with Crippen molar-refractivity contribution in [3.8, 4) is 5.75 Å². The van der Waals surface area contributed by atoms with E-state index in [1.54, 1.807) is 24.3 Å². The highest BCUT2D eigenvalue weighted by Gasteiger charge is 2.32. The van der Waals surface area contributed by atoms with Crippen LogP contribution >= 0.6 is 24.0 Å². The van der Waals surface area contributed by atoms with Gasteiger partial charge in [0.25, 0.3) is 5.91 Å². The molecule has 1 saturated heterocycles. The summed E-state index contributed by atoms with van der Waals surface area (Å²) in [6.45, 7) is 0. The minimum Gasteiger partial charge on any atom is -0.497 e. The van der Waals surface area contributed by atoms with Gasteiger partial charge >= 0.3 is 6.18 Å². The second kappa shape index (κ2) is 7.13. The summed E-state index contributed by atoms with van der Waals surface area (Å²) in [5.74, 6) is 0.171. The number of thioether (sulfide) groups is 1. The van der Waals surface area contributed by atoms with E-state index in [0.29, 0.717) is 16.9 Å². The van der Waals surface area contributed by atoms with E-state index in [-0.39, 0.29) is 14.8 Å². The maximum absolute atomic E-state index is 13.1. The number of thiocarbonyl (C=S) groups is 1. The molecule has 1 aliphatic rings. The number of ether oxygens (including phenoxy) is 1. The standard InChI is InChI=1S/C18H12F3NO2S2/c1-24-13-7-5-10(6-8-13)14(15-16(23)22-17(25)26-15)11-3-2-4-12(9-11)18(19,20)21/h2-9H,1H3,(H,22,23,25)/b15-14-. The van der Waals surface area contributed by atoms with E-state index in [1.807, 2.05) is 0 Å². The zero-order valence-corrected chi connectivity index (χ0v) is 15.0. The van der Waals surface area contributed by atoms with Gasteiger partial charge in [0, 0.05) is 5.57 Å². The molecule has 1 heterocycles.